The summed E-state index contributed by atoms with van der Waals surface area (Å²) in [7, 11) is 1.74. The summed E-state index contributed by atoms with van der Waals surface area (Å²) in [6.07, 6.45) is 0. The third-order valence-electron chi connectivity index (χ3n) is 3.43. The maximum Gasteiger partial charge on any atom is 0.221 e. The number of hydrogen-bond donors (Lipinski definition) is 3. The highest BCUT2D eigenvalue weighted by Gasteiger charge is 2.03. The van der Waals surface area contributed by atoms with E-state index in [-0.39, 0.29) is 5.91 Å². The molecule has 0 unspecified atom stereocenters. The molecule has 0 bridgehead atoms. The van der Waals surface area contributed by atoms with Gasteiger partial charge in [-0.2, -0.15) is 0 Å². The number of guanidine groups is 1. The van der Waals surface area contributed by atoms with Crippen LogP contribution in [0.4, 0.5) is 5.69 Å². The summed E-state index contributed by atoms with van der Waals surface area (Å²) in [5, 5.41) is 11.3. The molecule has 0 radical (unpaired) electrons. The third kappa shape index (κ3) is 6.46. The number of aryl methyl sites for hydroxylation is 1. The van der Waals surface area contributed by atoms with Crippen LogP contribution in [0.3, 0.4) is 0 Å². The first-order chi connectivity index (χ1) is 12.1. The van der Waals surface area contributed by atoms with Gasteiger partial charge in [0, 0.05) is 30.6 Å². The Bertz CT molecular complexity index is 727. The molecular weight excluding hydrogens is 336 g/mol. The van der Waals surface area contributed by atoms with Crippen molar-refractivity contribution in [3.8, 4) is 5.75 Å². The van der Waals surface area contributed by atoms with Gasteiger partial charge in [0.05, 0.1) is 13.1 Å². The average Bonchev–Trinajstić information content (AvgIpc) is 2.99. The second-order valence-corrected chi connectivity index (χ2v) is 6.44. The first-order valence-corrected chi connectivity index (χ1v) is 8.94. The monoisotopic (exact) mass is 360 g/mol. The maximum atomic E-state index is 11.1. The van der Waals surface area contributed by atoms with Gasteiger partial charge in [-0.3, -0.25) is 9.79 Å². The van der Waals surface area contributed by atoms with Gasteiger partial charge in [0.1, 0.15) is 12.4 Å². The Kier molecular flexibility index (Phi) is 7.28. The van der Waals surface area contributed by atoms with Crippen LogP contribution in [0.2, 0.25) is 0 Å². The van der Waals surface area contributed by atoms with Crippen LogP contribution < -0.4 is 20.7 Å². The number of carbonyl (C=O) groups excluding carboxylic acids is 1. The standard InChI is InChI=1S/C18H24N4O2S/c1-13-7-10-25-17(13)12-21-18(19-3)20-8-9-24-16-6-4-5-15(11-16)22-14(2)23/h4-7,10-11H,8-9,12H2,1-3H3,(H,22,23)(H2,19,20,21). The number of carbonyl (C=O) groups is 1. The zero-order valence-electron chi connectivity index (χ0n) is 14.8. The van der Waals surface area contributed by atoms with E-state index in [1.165, 1.54) is 17.4 Å². The van der Waals surface area contributed by atoms with Gasteiger partial charge < -0.3 is 20.7 Å². The molecule has 1 aromatic carbocycles. The molecular formula is C18H24N4O2S. The molecule has 0 aliphatic rings. The van der Waals surface area contributed by atoms with Gasteiger partial charge in [0.25, 0.3) is 0 Å². The van der Waals surface area contributed by atoms with E-state index < -0.39 is 0 Å². The molecule has 2 rings (SSSR count). The molecule has 0 saturated carbocycles. The molecule has 2 aromatic rings. The molecule has 0 aliphatic carbocycles. The number of nitrogens with zero attached hydrogens (tertiary/aromatic N) is 1. The molecule has 3 N–H and O–H groups in total. The van der Waals surface area contributed by atoms with Crippen molar-refractivity contribution in [1.82, 2.24) is 10.6 Å². The summed E-state index contributed by atoms with van der Waals surface area (Å²) >= 11 is 1.73. The summed E-state index contributed by atoms with van der Waals surface area (Å²) in [5.41, 5.74) is 2.01. The highest BCUT2D eigenvalue weighted by molar-refractivity contribution is 7.10. The molecule has 0 atom stereocenters. The molecule has 25 heavy (non-hydrogen) atoms. The van der Waals surface area contributed by atoms with E-state index in [1.807, 2.05) is 18.2 Å². The summed E-state index contributed by atoms with van der Waals surface area (Å²) in [6.45, 7) is 5.44. The first kappa shape index (κ1) is 18.8. The quantitative estimate of drug-likeness (QED) is 0.403. The van der Waals surface area contributed by atoms with E-state index in [0.717, 1.165) is 18.2 Å². The molecule has 134 valence electrons. The molecule has 0 saturated heterocycles. The van der Waals surface area contributed by atoms with Crippen molar-refractivity contribution in [3.05, 3.63) is 46.2 Å². The average molecular weight is 360 g/mol. The molecule has 0 fully saturated rings. The molecule has 0 aliphatic heterocycles. The molecule has 6 nitrogen and oxygen atoms in total. The van der Waals surface area contributed by atoms with Crippen LogP contribution in [-0.4, -0.2) is 32.1 Å². The van der Waals surface area contributed by atoms with Crippen LogP contribution in [0.25, 0.3) is 0 Å². The number of anilines is 1. The lowest BCUT2D eigenvalue weighted by atomic mass is 10.3. The Morgan fingerprint density at radius 1 is 1.28 bits per heavy atom. The fraction of sp³-hybridized carbons (Fsp3) is 0.333. The SMILES string of the molecule is CN=C(NCCOc1cccc(NC(C)=O)c1)NCc1sccc1C. The van der Waals surface area contributed by atoms with Crippen LogP contribution >= 0.6 is 11.3 Å². The van der Waals surface area contributed by atoms with E-state index in [2.05, 4.69) is 39.3 Å². The van der Waals surface area contributed by atoms with Crippen molar-refractivity contribution in [2.45, 2.75) is 20.4 Å². The van der Waals surface area contributed by atoms with Crippen LogP contribution in [-0.2, 0) is 11.3 Å². The molecule has 1 heterocycles. The molecule has 1 aromatic heterocycles. The fourth-order valence-corrected chi connectivity index (χ4v) is 3.02. The van der Waals surface area contributed by atoms with Crippen molar-refractivity contribution < 1.29 is 9.53 Å². The van der Waals surface area contributed by atoms with Gasteiger partial charge in [0.15, 0.2) is 5.96 Å². The smallest absolute Gasteiger partial charge is 0.221 e. The normalized spacial score (nSPS) is 11.1. The van der Waals surface area contributed by atoms with Gasteiger partial charge in [-0.15, -0.1) is 11.3 Å². The van der Waals surface area contributed by atoms with Crippen LogP contribution in [0.1, 0.15) is 17.4 Å². The van der Waals surface area contributed by atoms with Gasteiger partial charge in [-0.1, -0.05) is 6.07 Å². The summed E-state index contributed by atoms with van der Waals surface area (Å²) < 4.78 is 5.70. The van der Waals surface area contributed by atoms with E-state index in [1.54, 1.807) is 24.5 Å². The van der Waals surface area contributed by atoms with Crippen molar-refractivity contribution >= 4 is 28.9 Å². The van der Waals surface area contributed by atoms with Crippen LogP contribution in [0.5, 0.6) is 5.75 Å². The van der Waals surface area contributed by atoms with Gasteiger partial charge in [-0.05, 0) is 36.1 Å². The number of thiophene rings is 1. The third-order valence-corrected chi connectivity index (χ3v) is 4.45. The van der Waals surface area contributed by atoms with Gasteiger partial charge >= 0.3 is 0 Å². The van der Waals surface area contributed by atoms with Crippen LogP contribution in [0.15, 0.2) is 40.7 Å². The number of hydrogen-bond acceptors (Lipinski definition) is 4. The summed E-state index contributed by atoms with van der Waals surface area (Å²) in [4.78, 5) is 16.6. The largest absolute Gasteiger partial charge is 0.492 e. The fourth-order valence-electron chi connectivity index (χ4n) is 2.18. The zero-order valence-corrected chi connectivity index (χ0v) is 15.6. The van der Waals surface area contributed by atoms with Gasteiger partial charge in [-0.25, -0.2) is 0 Å². The number of nitrogens with one attached hydrogen (secondary N) is 3. The second-order valence-electron chi connectivity index (χ2n) is 5.44. The lowest BCUT2D eigenvalue weighted by Gasteiger charge is -2.13. The predicted molar refractivity (Wildman–Crippen MR) is 103 cm³/mol. The maximum absolute atomic E-state index is 11.1. The first-order valence-electron chi connectivity index (χ1n) is 8.06. The number of rotatable bonds is 7. The lowest BCUT2D eigenvalue weighted by molar-refractivity contribution is -0.114. The molecule has 1 amide bonds. The van der Waals surface area contributed by atoms with E-state index in [4.69, 9.17) is 4.74 Å². The number of benzene rings is 1. The summed E-state index contributed by atoms with van der Waals surface area (Å²) in [6, 6.07) is 9.44. The lowest BCUT2D eigenvalue weighted by Crippen LogP contribution is -2.38. The highest BCUT2D eigenvalue weighted by atomic mass is 32.1. The van der Waals surface area contributed by atoms with Crippen LogP contribution in [0, 0.1) is 6.92 Å². The number of ether oxygens (including phenoxy) is 1. The van der Waals surface area contributed by atoms with Crippen molar-refractivity contribution in [2.24, 2.45) is 4.99 Å². The number of aliphatic imine (C=N–C) groups is 1. The minimum atomic E-state index is -0.102. The van der Waals surface area contributed by atoms with E-state index in [0.29, 0.717) is 18.9 Å². The summed E-state index contributed by atoms with van der Waals surface area (Å²) in [5.74, 6) is 1.35. The minimum Gasteiger partial charge on any atom is -0.492 e. The number of amides is 1. The van der Waals surface area contributed by atoms with Crippen molar-refractivity contribution in [3.63, 3.8) is 0 Å². The minimum absolute atomic E-state index is 0.102. The predicted octanol–water partition coefficient (Wildman–Crippen LogP) is 2.76. The Labute approximate surface area is 152 Å². The Morgan fingerprint density at radius 2 is 2.12 bits per heavy atom. The van der Waals surface area contributed by atoms with E-state index in [9.17, 15) is 4.79 Å². The molecule has 7 heteroatoms. The Balaban J connectivity index is 1.72. The Hall–Kier alpha value is -2.54. The highest BCUT2D eigenvalue weighted by Crippen LogP contribution is 2.17. The Morgan fingerprint density at radius 3 is 2.80 bits per heavy atom. The molecule has 0 spiro atoms. The topological polar surface area (TPSA) is 74.8 Å². The van der Waals surface area contributed by atoms with E-state index >= 15 is 0 Å². The second kappa shape index (κ2) is 9.68. The van der Waals surface area contributed by atoms with Crippen molar-refractivity contribution in [2.75, 3.05) is 25.5 Å². The van der Waals surface area contributed by atoms with Gasteiger partial charge in [0.2, 0.25) is 5.91 Å². The zero-order chi connectivity index (χ0) is 18.1. The van der Waals surface area contributed by atoms with Crippen molar-refractivity contribution in [1.29, 1.82) is 0 Å².